The first kappa shape index (κ1) is 24.9. The predicted molar refractivity (Wildman–Crippen MR) is 110 cm³/mol. The van der Waals surface area contributed by atoms with E-state index in [0.717, 1.165) is 12.8 Å². The summed E-state index contributed by atoms with van der Waals surface area (Å²) in [6.45, 7) is 2.16. The van der Waals surface area contributed by atoms with Crippen LogP contribution in [0.2, 0.25) is 0 Å². The van der Waals surface area contributed by atoms with Crippen LogP contribution in [0.3, 0.4) is 0 Å². The second-order valence-corrected chi connectivity index (χ2v) is 7.86. The number of aliphatic hydroxyl groups excluding tert-OH is 2. The van der Waals surface area contributed by atoms with Crippen LogP contribution in [0.4, 0.5) is 0 Å². The van der Waals surface area contributed by atoms with Crippen molar-refractivity contribution in [1.29, 1.82) is 0 Å². The van der Waals surface area contributed by atoms with Gasteiger partial charge in [0.15, 0.2) is 0 Å². The fourth-order valence-electron chi connectivity index (χ4n) is 3.41. The number of hydrogen-bond donors (Lipinski definition) is 3. The van der Waals surface area contributed by atoms with Crippen molar-refractivity contribution in [3.8, 4) is 0 Å². The standard InChI is InChI=1S/C22H47NO2/c1-2-3-4-5-6-7-8-9-10-11-12-13-14-15-16-17-18-19-22(25)21(23)20-24/h21-22,24-25H,2-20,23H2,1H3/t21-,22+/m0/s1. The van der Waals surface area contributed by atoms with Crippen molar-refractivity contribution in [1.82, 2.24) is 0 Å². The van der Waals surface area contributed by atoms with E-state index >= 15 is 0 Å². The third-order valence-electron chi connectivity index (χ3n) is 5.31. The van der Waals surface area contributed by atoms with Gasteiger partial charge in [-0.3, -0.25) is 0 Å². The summed E-state index contributed by atoms with van der Waals surface area (Å²) in [6, 6.07) is -0.471. The normalized spacial score (nSPS) is 13.9. The minimum Gasteiger partial charge on any atom is -0.395 e. The van der Waals surface area contributed by atoms with Gasteiger partial charge in [0.2, 0.25) is 0 Å². The molecular formula is C22H47NO2. The first-order valence-corrected chi connectivity index (χ1v) is 11.3. The molecule has 0 spiro atoms. The summed E-state index contributed by atoms with van der Waals surface area (Å²) in [5.74, 6) is 0. The molecule has 0 saturated heterocycles. The molecule has 4 N–H and O–H groups in total. The maximum Gasteiger partial charge on any atom is 0.0713 e. The topological polar surface area (TPSA) is 66.5 Å². The molecule has 0 aliphatic heterocycles. The van der Waals surface area contributed by atoms with Gasteiger partial charge in [-0.25, -0.2) is 0 Å². The molecule has 0 unspecified atom stereocenters. The minimum absolute atomic E-state index is 0.125. The van der Waals surface area contributed by atoms with E-state index in [9.17, 15) is 5.11 Å². The summed E-state index contributed by atoms with van der Waals surface area (Å²) in [6.07, 6.45) is 23.4. The molecule has 3 heteroatoms. The van der Waals surface area contributed by atoms with E-state index in [0.29, 0.717) is 0 Å². The molecule has 2 atom stereocenters. The molecule has 0 amide bonds. The van der Waals surface area contributed by atoms with Gasteiger partial charge in [0, 0.05) is 0 Å². The average Bonchev–Trinajstić information content (AvgIpc) is 2.63. The quantitative estimate of drug-likeness (QED) is 0.244. The molecule has 0 heterocycles. The highest BCUT2D eigenvalue weighted by Crippen LogP contribution is 2.14. The summed E-state index contributed by atoms with van der Waals surface area (Å²) < 4.78 is 0. The number of unbranched alkanes of at least 4 members (excludes halogenated alkanes) is 16. The first-order chi connectivity index (χ1) is 12.2. The Kier molecular flexibility index (Phi) is 20.1. The summed E-state index contributed by atoms with van der Waals surface area (Å²) in [4.78, 5) is 0. The van der Waals surface area contributed by atoms with Crippen molar-refractivity contribution in [3.05, 3.63) is 0 Å². The zero-order valence-electron chi connectivity index (χ0n) is 17.1. The van der Waals surface area contributed by atoms with Gasteiger partial charge >= 0.3 is 0 Å². The van der Waals surface area contributed by atoms with Crippen molar-refractivity contribution in [2.45, 2.75) is 135 Å². The summed E-state index contributed by atoms with van der Waals surface area (Å²) in [5, 5.41) is 18.5. The van der Waals surface area contributed by atoms with Crippen LogP contribution < -0.4 is 5.73 Å². The Morgan fingerprint density at radius 1 is 0.600 bits per heavy atom. The summed E-state index contributed by atoms with van der Waals surface area (Å²) in [7, 11) is 0. The van der Waals surface area contributed by atoms with Gasteiger partial charge in [-0.1, -0.05) is 116 Å². The highest BCUT2D eigenvalue weighted by molar-refractivity contribution is 4.70. The smallest absolute Gasteiger partial charge is 0.0713 e. The van der Waals surface area contributed by atoms with E-state index in [1.165, 1.54) is 103 Å². The van der Waals surface area contributed by atoms with Gasteiger partial charge in [0.25, 0.3) is 0 Å². The van der Waals surface area contributed by atoms with Crippen LogP contribution in [-0.4, -0.2) is 29.0 Å². The summed E-state index contributed by atoms with van der Waals surface area (Å²) >= 11 is 0. The van der Waals surface area contributed by atoms with Crippen LogP contribution >= 0.6 is 0 Å². The van der Waals surface area contributed by atoms with E-state index in [2.05, 4.69) is 6.92 Å². The molecule has 0 aromatic heterocycles. The summed E-state index contributed by atoms with van der Waals surface area (Å²) in [5.41, 5.74) is 5.59. The number of nitrogens with two attached hydrogens (primary N) is 1. The maximum atomic E-state index is 9.66. The predicted octanol–water partition coefficient (Wildman–Crippen LogP) is 5.71. The van der Waals surface area contributed by atoms with Gasteiger partial charge in [0.1, 0.15) is 0 Å². The van der Waals surface area contributed by atoms with Crippen molar-refractivity contribution in [2.24, 2.45) is 5.73 Å². The van der Waals surface area contributed by atoms with Crippen LogP contribution in [0.1, 0.15) is 122 Å². The third kappa shape index (κ3) is 18.5. The van der Waals surface area contributed by atoms with Crippen molar-refractivity contribution < 1.29 is 10.2 Å². The van der Waals surface area contributed by atoms with Gasteiger partial charge < -0.3 is 15.9 Å². The molecule has 0 aromatic rings. The Hall–Kier alpha value is -0.120. The van der Waals surface area contributed by atoms with E-state index in [4.69, 9.17) is 10.8 Å². The zero-order valence-corrected chi connectivity index (χ0v) is 17.1. The average molecular weight is 358 g/mol. The maximum absolute atomic E-state index is 9.66. The van der Waals surface area contributed by atoms with E-state index in [1.807, 2.05) is 0 Å². The Bertz CT molecular complexity index is 248. The lowest BCUT2D eigenvalue weighted by Crippen LogP contribution is -2.37. The molecule has 152 valence electrons. The monoisotopic (exact) mass is 357 g/mol. The van der Waals surface area contributed by atoms with Gasteiger partial charge in [-0.2, -0.15) is 0 Å². The Morgan fingerprint density at radius 3 is 1.24 bits per heavy atom. The second kappa shape index (κ2) is 20.2. The molecule has 0 bridgehead atoms. The first-order valence-electron chi connectivity index (χ1n) is 11.3. The lowest BCUT2D eigenvalue weighted by atomic mass is 10.0. The van der Waals surface area contributed by atoms with Crippen LogP contribution in [-0.2, 0) is 0 Å². The van der Waals surface area contributed by atoms with Gasteiger partial charge in [-0.05, 0) is 6.42 Å². The molecular weight excluding hydrogens is 310 g/mol. The molecule has 0 aromatic carbocycles. The van der Waals surface area contributed by atoms with Crippen LogP contribution in [0.5, 0.6) is 0 Å². The van der Waals surface area contributed by atoms with Crippen molar-refractivity contribution in [3.63, 3.8) is 0 Å². The molecule has 0 rings (SSSR count). The molecule has 0 radical (unpaired) electrons. The van der Waals surface area contributed by atoms with Gasteiger partial charge in [-0.15, -0.1) is 0 Å². The molecule has 0 saturated carbocycles. The molecule has 0 aliphatic carbocycles. The van der Waals surface area contributed by atoms with Crippen LogP contribution in [0.25, 0.3) is 0 Å². The lowest BCUT2D eigenvalue weighted by molar-refractivity contribution is 0.0990. The van der Waals surface area contributed by atoms with E-state index in [1.54, 1.807) is 0 Å². The van der Waals surface area contributed by atoms with Gasteiger partial charge in [0.05, 0.1) is 18.8 Å². The molecule has 0 aliphatic rings. The molecule has 0 fully saturated rings. The Labute approximate surface area is 157 Å². The SMILES string of the molecule is CCCCCCCCCCCCCCCCCCC[C@@H](O)[C@@H](N)CO. The highest BCUT2D eigenvalue weighted by Gasteiger charge is 2.12. The second-order valence-electron chi connectivity index (χ2n) is 7.86. The fourth-order valence-corrected chi connectivity index (χ4v) is 3.41. The number of rotatable bonds is 20. The van der Waals surface area contributed by atoms with Crippen molar-refractivity contribution in [2.75, 3.05) is 6.61 Å². The minimum atomic E-state index is -0.540. The largest absolute Gasteiger partial charge is 0.395 e. The Morgan fingerprint density at radius 2 is 0.920 bits per heavy atom. The lowest BCUT2D eigenvalue weighted by Gasteiger charge is -2.15. The van der Waals surface area contributed by atoms with Crippen LogP contribution in [0, 0.1) is 0 Å². The highest BCUT2D eigenvalue weighted by atomic mass is 16.3. The fraction of sp³-hybridized carbons (Fsp3) is 1.00. The van der Waals surface area contributed by atoms with Crippen molar-refractivity contribution >= 4 is 0 Å². The molecule has 3 nitrogen and oxygen atoms in total. The zero-order chi connectivity index (χ0) is 18.6. The number of aliphatic hydroxyl groups is 2. The number of hydrogen-bond acceptors (Lipinski definition) is 3. The van der Waals surface area contributed by atoms with Crippen LogP contribution in [0.15, 0.2) is 0 Å². The molecule has 25 heavy (non-hydrogen) atoms. The van der Waals surface area contributed by atoms with E-state index < -0.39 is 12.1 Å². The Balaban J connectivity index is 3.07. The van der Waals surface area contributed by atoms with E-state index in [-0.39, 0.29) is 6.61 Å². The third-order valence-corrected chi connectivity index (χ3v) is 5.31.